The molecule has 1 aliphatic carbocycles. The average Bonchev–Trinajstić information content (AvgIpc) is 3.16. The molecule has 1 saturated carbocycles. The van der Waals surface area contributed by atoms with Crippen LogP contribution < -0.4 is 4.74 Å². The van der Waals surface area contributed by atoms with Gasteiger partial charge in [0.2, 0.25) is 5.88 Å². The topological polar surface area (TPSA) is 122 Å². The minimum atomic E-state index is -3.71. The highest BCUT2D eigenvalue weighted by Gasteiger charge is 2.36. The van der Waals surface area contributed by atoms with E-state index in [4.69, 9.17) is 21.1 Å². The van der Waals surface area contributed by atoms with Gasteiger partial charge in [-0.25, -0.2) is 23.4 Å². The predicted molar refractivity (Wildman–Crippen MR) is 122 cm³/mol. The van der Waals surface area contributed by atoms with Crippen LogP contribution in [0.1, 0.15) is 50.0 Å². The number of sulfone groups is 1. The summed E-state index contributed by atoms with van der Waals surface area (Å²) in [4.78, 5) is 12.7. The molecule has 0 saturated heterocycles. The normalized spacial score (nSPS) is 16.2. The first-order valence-electron chi connectivity index (χ1n) is 10.5. The molecule has 0 aromatic carbocycles. The summed E-state index contributed by atoms with van der Waals surface area (Å²) in [5.41, 5.74) is 0.578. The Morgan fingerprint density at radius 3 is 2.52 bits per heavy atom. The lowest BCUT2D eigenvalue weighted by Crippen LogP contribution is -2.31. The number of pyridine rings is 1. The van der Waals surface area contributed by atoms with Crippen molar-refractivity contribution in [3.05, 3.63) is 47.3 Å². The zero-order valence-corrected chi connectivity index (χ0v) is 20.1. The molecule has 0 aliphatic heterocycles. The Kier molecular flexibility index (Phi) is 6.91. The first-order valence-corrected chi connectivity index (χ1v) is 12.6. The number of nitrogens with zero attached hydrogens (tertiary/aromatic N) is 6. The van der Waals surface area contributed by atoms with Gasteiger partial charge >= 0.3 is 0 Å². The van der Waals surface area contributed by atoms with Crippen LogP contribution in [0.2, 0.25) is 5.02 Å². The zero-order chi connectivity index (χ0) is 23.6. The summed E-state index contributed by atoms with van der Waals surface area (Å²) in [5.74, 6) is 1.30. The van der Waals surface area contributed by atoms with Crippen LogP contribution in [0.5, 0.6) is 5.88 Å². The van der Waals surface area contributed by atoms with E-state index in [0.29, 0.717) is 28.2 Å². The highest BCUT2D eigenvalue weighted by molar-refractivity contribution is 7.91. The van der Waals surface area contributed by atoms with Gasteiger partial charge in [-0.3, -0.25) is 0 Å². The lowest BCUT2D eigenvalue weighted by atomic mass is 9.92. The molecule has 4 rings (SSSR count). The van der Waals surface area contributed by atoms with E-state index in [9.17, 15) is 8.42 Å². The summed E-state index contributed by atoms with van der Waals surface area (Å²) in [6.07, 6.45) is 4.89. The average molecular weight is 493 g/mol. The number of methoxy groups -OCH3 is 2. The van der Waals surface area contributed by atoms with E-state index < -0.39 is 21.2 Å². The third-order valence-electron chi connectivity index (χ3n) is 5.84. The van der Waals surface area contributed by atoms with Crippen LogP contribution in [-0.4, -0.2) is 57.6 Å². The summed E-state index contributed by atoms with van der Waals surface area (Å²) in [6.45, 7) is 1.58. The van der Waals surface area contributed by atoms with Crippen molar-refractivity contribution in [2.75, 3.05) is 14.2 Å². The van der Waals surface area contributed by atoms with E-state index in [0.717, 1.165) is 19.3 Å². The monoisotopic (exact) mass is 492 g/mol. The van der Waals surface area contributed by atoms with E-state index in [1.165, 1.54) is 19.5 Å². The van der Waals surface area contributed by atoms with Crippen LogP contribution in [0, 0.1) is 0 Å². The quantitative estimate of drug-likeness (QED) is 0.443. The molecule has 2 atom stereocenters. The molecular formula is C21H25ClN6O4S. The first-order chi connectivity index (χ1) is 15.8. The number of aromatic nitrogens is 6. The fraction of sp³-hybridized carbons (Fsp3) is 0.476. The molecular weight excluding hydrogens is 468 g/mol. The van der Waals surface area contributed by atoms with Crippen LogP contribution in [-0.2, 0) is 20.3 Å². The van der Waals surface area contributed by atoms with Crippen molar-refractivity contribution in [2.24, 2.45) is 0 Å². The van der Waals surface area contributed by atoms with Crippen molar-refractivity contribution in [3.8, 4) is 17.4 Å². The molecule has 3 aromatic heterocycles. The third-order valence-corrected chi connectivity index (χ3v) is 8.08. The van der Waals surface area contributed by atoms with Gasteiger partial charge in [0.25, 0.3) is 0 Å². The maximum atomic E-state index is 13.4. The number of halogens is 1. The van der Waals surface area contributed by atoms with Crippen LogP contribution in [0.15, 0.2) is 30.6 Å². The van der Waals surface area contributed by atoms with Crippen LogP contribution >= 0.6 is 11.6 Å². The molecule has 0 N–H and O–H groups in total. The summed E-state index contributed by atoms with van der Waals surface area (Å²) in [5, 5.41) is 7.99. The molecule has 0 spiro atoms. The molecule has 12 heteroatoms. The Bertz CT molecular complexity index is 1210. The number of ether oxygens (including phenoxy) is 2. The summed E-state index contributed by atoms with van der Waals surface area (Å²) in [7, 11) is -0.742. The van der Waals surface area contributed by atoms with Crippen LogP contribution in [0.25, 0.3) is 11.5 Å². The molecule has 10 nitrogen and oxygen atoms in total. The van der Waals surface area contributed by atoms with Gasteiger partial charge < -0.3 is 14.0 Å². The Morgan fingerprint density at radius 2 is 1.91 bits per heavy atom. The Balaban J connectivity index is 1.66. The van der Waals surface area contributed by atoms with Crippen molar-refractivity contribution in [2.45, 2.75) is 49.3 Å². The van der Waals surface area contributed by atoms with E-state index in [1.54, 1.807) is 26.2 Å². The van der Waals surface area contributed by atoms with Crippen molar-refractivity contribution in [3.63, 3.8) is 0 Å². The van der Waals surface area contributed by atoms with Gasteiger partial charge in [0, 0.05) is 31.6 Å². The lowest BCUT2D eigenvalue weighted by molar-refractivity contribution is 0.0948. The highest BCUT2D eigenvalue weighted by atomic mass is 35.5. The molecule has 3 aromatic rings. The van der Waals surface area contributed by atoms with Crippen molar-refractivity contribution in [1.82, 2.24) is 29.7 Å². The van der Waals surface area contributed by atoms with E-state index >= 15 is 0 Å². The second-order valence-electron chi connectivity index (χ2n) is 7.89. The molecule has 33 heavy (non-hydrogen) atoms. The highest BCUT2D eigenvalue weighted by Crippen LogP contribution is 2.36. The maximum absolute atomic E-state index is 13.4. The van der Waals surface area contributed by atoms with Crippen LogP contribution in [0.4, 0.5) is 0 Å². The zero-order valence-electron chi connectivity index (χ0n) is 18.5. The van der Waals surface area contributed by atoms with Gasteiger partial charge in [0.05, 0.1) is 17.4 Å². The van der Waals surface area contributed by atoms with Gasteiger partial charge in [-0.15, -0.1) is 10.2 Å². The molecule has 176 valence electrons. The molecule has 0 bridgehead atoms. The largest absolute Gasteiger partial charge is 0.481 e. The summed E-state index contributed by atoms with van der Waals surface area (Å²) >= 11 is 5.86. The Hall–Kier alpha value is -2.63. The first kappa shape index (κ1) is 23.5. The molecule has 0 radical (unpaired) electrons. The molecule has 1 fully saturated rings. The molecule has 0 amide bonds. The van der Waals surface area contributed by atoms with Crippen LogP contribution in [0.3, 0.4) is 0 Å². The number of rotatable bonds is 9. The standard InChI is InChI=1S/C21H25ClN6O4S/c1-13(19(32-3)20-23-10-14(22)11-24-20)33(29,30)12-17-26-27-21(28(17)15-6-4-7-15)16-8-5-9-18(25-16)31-2/h5,8-11,13,15,19H,4,6-7,12H2,1-3H3/t13-,19-/m0/s1. The van der Waals surface area contributed by atoms with E-state index in [1.807, 2.05) is 10.6 Å². The van der Waals surface area contributed by atoms with Gasteiger partial charge in [-0.2, -0.15) is 0 Å². The van der Waals surface area contributed by atoms with Crippen molar-refractivity contribution >= 4 is 21.4 Å². The maximum Gasteiger partial charge on any atom is 0.213 e. The Morgan fingerprint density at radius 1 is 1.18 bits per heavy atom. The minimum absolute atomic E-state index is 0.126. The number of hydrogen-bond donors (Lipinski definition) is 0. The number of hydrogen-bond acceptors (Lipinski definition) is 9. The van der Waals surface area contributed by atoms with Gasteiger partial charge in [-0.1, -0.05) is 17.7 Å². The fourth-order valence-corrected chi connectivity index (χ4v) is 5.28. The lowest BCUT2D eigenvalue weighted by Gasteiger charge is -2.29. The SMILES string of the molecule is COc1cccc(-c2nnc(CS(=O)(=O)[C@@H](C)[C@H](OC)c3ncc(Cl)cn3)n2C2CCC2)n1. The van der Waals surface area contributed by atoms with Gasteiger partial charge in [0.1, 0.15) is 23.4 Å². The van der Waals surface area contributed by atoms with E-state index in [2.05, 4.69) is 25.1 Å². The van der Waals surface area contributed by atoms with Gasteiger partial charge in [0.15, 0.2) is 21.5 Å². The van der Waals surface area contributed by atoms with Gasteiger partial charge in [-0.05, 0) is 32.3 Å². The second-order valence-corrected chi connectivity index (χ2v) is 10.7. The molecule has 3 heterocycles. The van der Waals surface area contributed by atoms with E-state index in [-0.39, 0.29) is 17.6 Å². The fourth-order valence-electron chi connectivity index (χ4n) is 3.75. The summed E-state index contributed by atoms with van der Waals surface area (Å²) in [6, 6.07) is 5.49. The predicted octanol–water partition coefficient (Wildman–Crippen LogP) is 3.21. The molecule has 0 unspecified atom stereocenters. The Labute approximate surface area is 197 Å². The minimum Gasteiger partial charge on any atom is -0.481 e. The van der Waals surface area contributed by atoms with Crippen molar-refractivity contribution in [1.29, 1.82) is 0 Å². The summed E-state index contributed by atoms with van der Waals surface area (Å²) < 4.78 is 39.4. The van der Waals surface area contributed by atoms with Crippen molar-refractivity contribution < 1.29 is 17.9 Å². The molecule has 1 aliphatic rings. The second kappa shape index (κ2) is 9.70. The smallest absolute Gasteiger partial charge is 0.213 e. The third kappa shape index (κ3) is 4.85.